The van der Waals surface area contributed by atoms with Crippen LogP contribution in [0.1, 0.15) is 32.1 Å². The van der Waals surface area contributed by atoms with Gasteiger partial charge in [0.15, 0.2) is 11.6 Å². The van der Waals surface area contributed by atoms with Crippen molar-refractivity contribution in [2.75, 3.05) is 48.8 Å². The zero-order valence-electron chi connectivity index (χ0n) is 16.8. The number of hydrogen-bond donors (Lipinski definition) is 2. The molecule has 1 saturated heterocycles. The number of rotatable bonds is 5. The van der Waals surface area contributed by atoms with Gasteiger partial charge in [0.1, 0.15) is 0 Å². The molecule has 6 nitrogen and oxygen atoms in total. The van der Waals surface area contributed by atoms with Crippen LogP contribution in [0.15, 0.2) is 24.4 Å². The lowest BCUT2D eigenvalue weighted by Gasteiger charge is -2.34. The second-order valence-electron chi connectivity index (χ2n) is 7.95. The van der Waals surface area contributed by atoms with Crippen LogP contribution in [-0.2, 0) is 0 Å². The van der Waals surface area contributed by atoms with E-state index in [1.807, 2.05) is 18.2 Å². The number of hydrogen-bond acceptors (Lipinski definition) is 6. The highest BCUT2D eigenvalue weighted by Gasteiger charge is 2.18. The van der Waals surface area contributed by atoms with Crippen LogP contribution in [0.3, 0.4) is 0 Å². The molecule has 1 saturated carbocycles. The average molecular weight is 419 g/mol. The first-order valence-corrected chi connectivity index (χ1v) is 10.8. The molecule has 2 aliphatic rings. The van der Waals surface area contributed by atoms with Gasteiger partial charge in [-0.3, -0.25) is 0 Å². The number of nitrogens with zero attached hydrogens (tertiary/aromatic N) is 4. The fourth-order valence-corrected chi connectivity index (χ4v) is 4.29. The van der Waals surface area contributed by atoms with E-state index in [1.165, 1.54) is 25.5 Å². The van der Waals surface area contributed by atoms with Gasteiger partial charge in [0, 0.05) is 37.9 Å². The fourth-order valence-electron chi connectivity index (χ4n) is 3.99. The summed E-state index contributed by atoms with van der Waals surface area (Å²) in [6, 6.07) is 6.12. The molecule has 0 spiro atoms. The average Bonchev–Trinajstić information content (AvgIpc) is 2.72. The zero-order valence-corrected chi connectivity index (χ0v) is 17.6. The van der Waals surface area contributed by atoms with Gasteiger partial charge in [-0.15, -0.1) is 0 Å². The molecule has 2 N–H and O–H groups in total. The Morgan fingerprint density at radius 3 is 2.59 bits per heavy atom. The van der Waals surface area contributed by atoms with Crippen LogP contribution in [0, 0.1) is 5.82 Å². The third-order valence-corrected chi connectivity index (χ3v) is 6.04. The summed E-state index contributed by atoms with van der Waals surface area (Å²) >= 11 is 6.54. The summed E-state index contributed by atoms with van der Waals surface area (Å²) in [5.41, 5.74) is 1.81. The minimum Gasteiger partial charge on any atom is -0.368 e. The van der Waals surface area contributed by atoms with Gasteiger partial charge in [0.05, 0.1) is 16.9 Å². The molecule has 0 amide bonds. The van der Waals surface area contributed by atoms with E-state index in [0.717, 1.165) is 50.4 Å². The van der Waals surface area contributed by atoms with Crippen molar-refractivity contribution in [2.45, 2.75) is 38.1 Å². The maximum absolute atomic E-state index is 14.2. The Morgan fingerprint density at radius 1 is 1.10 bits per heavy atom. The molecule has 2 fully saturated rings. The first-order valence-electron chi connectivity index (χ1n) is 10.4. The van der Waals surface area contributed by atoms with E-state index in [1.54, 1.807) is 0 Å². The Kier molecular flexibility index (Phi) is 6.35. The summed E-state index contributed by atoms with van der Waals surface area (Å²) in [4.78, 5) is 13.0. The molecular weight excluding hydrogens is 391 g/mol. The van der Waals surface area contributed by atoms with E-state index < -0.39 is 5.82 Å². The first kappa shape index (κ1) is 20.2. The third-order valence-electron chi connectivity index (χ3n) is 5.74. The third kappa shape index (κ3) is 5.08. The van der Waals surface area contributed by atoms with Gasteiger partial charge < -0.3 is 20.4 Å². The van der Waals surface area contributed by atoms with Crippen LogP contribution >= 0.6 is 11.6 Å². The molecule has 2 heterocycles. The molecule has 0 radical (unpaired) electrons. The van der Waals surface area contributed by atoms with Crippen LogP contribution in [0.5, 0.6) is 0 Å². The van der Waals surface area contributed by atoms with E-state index >= 15 is 0 Å². The number of likely N-dealkylation sites (N-methyl/N-ethyl adjacent to an activating group) is 1. The van der Waals surface area contributed by atoms with Gasteiger partial charge in [0.2, 0.25) is 5.95 Å². The van der Waals surface area contributed by atoms with Crippen molar-refractivity contribution in [3.8, 4) is 0 Å². The van der Waals surface area contributed by atoms with Crippen molar-refractivity contribution in [2.24, 2.45) is 0 Å². The quantitative estimate of drug-likeness (QED) is 0.745. The fraction of sp³-hybridized carbons (Fsp3) is 0.524. The van der Waals surface area contributed by atoms with Crippen molar-refractivity contribution < 1.29 is 4.39 Å². The van der Waals surface area contributed by atoms with Crippen LogP contribution in [0.4, 0.5) is 27.5 Å². The Morgan fingerprint density at radius 2 is 1.86 bits per heavy atom. The number of benzene rings is 1. The smallest absolute Gasteiger partial charge is 0.229 e. The molecule has 1 aliphatic carbocycles. The first-order chi connectivity index (χ1) is 14.1. The standard InChI is InChI=1S/C21H28ClFN6/c1-28-9-11-29(12-10-28)19-8-7-16(13-17(19)22)26-21-24-14-18(23)20(27-21)25-15-5-3-2-4-6-15/h7-8,13-15H,2-6,9-12H2,1H3,(H2,24,25,26,27). The van der Waals surface area contributed by atoms with Gasteiger partial charge in [-0.2, -0.15) is 4.98 Å². The maximum atomic E-state index is 14.2. The second-order valence-corrected chi connectivity index (χ2v) is 8.36. The highest BCUT2D eigenvalue weighted by molar-refractivity contribution is 6.33. The minimum absolute atomic E-state index is 0.259. The summed E-state index contributed by atoms with van der Waals surface area (Å²) in [5, 5.41) is 7.07. The molecular formula is C21H28ClFN6. The number of piperazine rings is 1. The van der Waals surface area contributed by atoms with Gasteiger partial charge in [0.25, 0.3) is 0 Å². The van der Waals surface area contributed by atoms with Crippen LogP contribution in [-0.4, -0.2) is 54.1 Å². The van der Waals surface area contributed by atoms with Crippen molar-refractivity contribution >= 4 is 34.7 Å². The van der Waals surface area contributed by atoms with Crippen molar-refractivity contribution in [3.05, 3.63) is 35.2 Å². The van der Waals surface area contributed by atoms with Crippen molar-refractivity contribution in [3.63, 3.8) is 0 Å². The summed E-state index contributed by atoms with van der Waals surface area (Å²) in [6.45, 7) is 3.97. The minimum atomic E-state index is -0.426. The molecule has 1 aromatic heterocycles. The molecule has 29 heavy (non-hydrogen) atoms. The molecule has 2 aromatic rings. The SMILES string of the molecule is CN1CCN(c2ccc(Nc3ncc(F)c(NC4CCCCC4)n3)cc2Cl)CC1. The molecule has 1 aromatic carbocycles. The van der Waals surface area contributed by atoms with Crippen LogP contribution < -0.4 is 15.5 Å². The molecule has 0 bridgehead atoms. The lowest BCUT2D eigenvalue weighted by molar-refractivity contribution is 0.313. The summed E-state index contributed by atoms with van der Waals surface area (Å²) in [6.07, 6.45) is 6.91. The van der Waals surface area contributed by atoms with E-state index in [0.29, 0.717) is 11.0 Å². The molecule has 4 rings (SSSR count). The Hall–Kier alpha value is -2.12. The molecule has 0 unspecified atom stereocenters. The monoisotopic (exact) mass is 418 g/mol. The van der Waals surface area contributed by atoms with E-state index in [-0.39, 0.29) is 11.9 Å². The number of aromatic nitrogens is 2. The van der Waals surface area contributed by atoms with Gasteiger partial charge in [-0.25, -0.2) is 9.37 Å². The Labute approximate surface area is 176 Å². The lowest BCUT2D eigenvalue weighted by Crippen LogP contribution is -2.44. The van der Waals surface area contributed by atoms with E-state index in [2.05, 4.69) is 37.4 Å². The zero-order chi connectivity index (χ0) is 20.2. The normalized spacial score (nSPS) is 18.7. The molecule has 156 valence electrons. The van der Waals surface area contributed by atoms with Crippen LogP contribution in [0.25, 0.3) is 0 Å². The number of anilines is 4. The summed E-state index contributed by atoms with van der Waals surface area (Å²) < 4.78 is 14.2. The molecule has 0 atom stereocenters. The molecule has 8 heteroatoms. The maximum Gasteiger partial charge on any atom is 0.229 e. The van der Waals surface area contributed by atoms with Gasteiger partial charge in [-0.1, -0.05) is 30.9 Å². The highest BCUT2D eigenvalue weighted by Crippen LogP contribution is 2.31. The number of nitrogens with one attached hydrogen (secondary N) is 2. The van der Waals surface area contributed by atoms with E-state index in [9.17, 15) is 4.39 Å². The Balaban J connectivity index is 1.44. The van der Waals surface area contributed by atoms with Crippen molar-refractivity contribution in [1.82, 2.24) is 14.9 Å². The summed E-state index contributed by atoms with van der Waals surface area (Å²) in [7, 11) is 2.13. The largest absolute Gasteiger partial charge is 0.368 e. The second kappa shape index (κ2) is 9.13. The lowest BCUT2D eigenvalue weighted by atomic mass is 9.95. The Bertz CT molecular complexity index is 834. The predicted molar refractivity (Wildman–Crippen MR) is 117 cm³/mol. The topological polar surface area (TPSA) is 56.3 Å². The van der Waals surface area contributed by atoms with E-state index in [4.69, 9.17) is 11.6 Å². The summed E-state index contributed by atoms with van der Waals surface area (Å²) in [5.74, 6) is 0.187. The van der Waals surface area contributed by atoms with Gasteiger partial charge in [-0.05, 0) is 38.1 Å². The van der Waals surface area contributed by atoms with Gasteiger partial charge >= 0.3 is 0 Å². The predicted octanol–water partition coefficient (Wildman–Crippen LogP) is 4.51. The number of halogens is 2. The van der Waals surface area contributed by atoms with Crippen molar-refractivity contribution in [1.29, 1.82) is 0 Å². The molecule has 1 aliphatic heterocycles. The van der Waals surface area contributed by atoms with Crippen LogP contribution in [0.2, 0.25) is 5.02 Å². The highest BCUT2D eigenvalue weighted by atomic mass is 35.5.